The Morgan fingerprint density at radius 2 is 2.14 bits per heavy atom. The number of aromatic nitrogens is 2. The Morgan fingerprint density at radius 3 is 2.95 bits per heavy atom. The number of thiazole rings is 1. The summed E-state index contributed by atoms with van der Waals surface area (Å²) < 4.78 is 0.934. The van der Waals surface area contributed by atoms with Crippen LogP contribution in [-0.2, 0) is 0 Å². The van der Waals surface area contributed by atoms with Crippen LogP contribution in [0.3, 0.4) is 0 Å². The highest BCUT2D eigenvalue weighted by Gasteiger charge is 2.10. The lowest BCUT2D eigenvalue weighted by Crippen LogP contribution is -2.12. The van der Waals surface area contributed by atoms with Gasteiger partial charge in [0.1, 0.15) is 5.82 Å². The van der Waals surface area contributed by atoms with Crippen LogP contribution >= 0.6 is 22.9 Å². The van der Waals surface area contributed by atoms with Crippen molar-refractivity contribution in [2.24, 2.45) is 0 Å². The lowest BCUT2D eigenvalue weighted by Gasteiger charge is -2.03. The second kappa shape index (κ2) is 5.67. The van der Waals surface area contributed by atoms with E-state index in [4.69, 9.17) is 11.6 Å². The maximum atomic E-state index is 12.2. The second-order valence-electron chi connectivity index (χ2n) is 4.26. The van der Waals surface area contributed by atoms with E-state index >= 15 is 0 Å². The number of pyridine rings is 1. The lowest BCUT2D eigenvalue weighted by atomic mass is 10.2. The minimum atomic E-state index is -0.223. The first-order valence-electron chi connectivity index (χ1n) is 6.17. The molecule has 0 atom stereocenters. The molecule has 0 spiro atoms. The third-order valence-electron chi connectivity index (χ3n) is 2.85. The normalized spacial score (nSPS) is 10.6. The predicted molar refractivity (Wildman–Crippen MR) is 86.4 cm³/mol. The summed E-state index contributed by atoms with van der Waals surface area (Å²) in [4.78, 5) is 20.6. The highest BCUT2D eigenvalue weighted by molar-refractivity contribution is 7.22. The van der Waals surface area contributed by atoms with E-state index in [0.29, 0.717) is 21.5 Å². The average molecular weight is 319 g/mol. The molecule has 0 fully saturated rings. The van der Waals surface area contributed by atoms with Crippen LogP contribution in [0.25, 0.3) is 10.2 Å². The molecule has 7 heteroatoms. The van der Waals surface area contributed by atoms with Crippen molar-refractivity contribution in [3.05, 3.63) is 47.1 Å². The SMILES string of the molecule is CNc1cc(C(=O)Nc2nc3ccc(Cl)cc3s2)ccn1. The molecule has 21 heavy (non-hydrogen) atoms. The van der Waals surface area contributed by atoms with Crippen molar-refractivity contribution in [1.82, 2.24) is 9.97 Å². The van der Waals surface area contributed by atoms with Gasteiger partial charge in [-0.1, -0.05) is 22.9 Å². The van der Waals surface area contributed by atoms with E-state index in [-0.39, 0.29) is 5.91 Å². The highest BCUT2D eigenvalue weighted by Crippen LogP contribution is 2.28. The van der Waals surface area contributed by atoms with Gasteiger partial charge in [-0.25, -0.2) is 9.97 Å². The quantitative estimate of drug-likeness (QED) is 0.773. The summed E-state index contributed by atoms with van der Waals surface area (Å²) in [6.45, 7) is 0. The highest BCUT2D eigenvalue weighted by atomic mass is 35.5. The fourth-order valence-corrected chi connectivity index (χ4v) is 2.97. The smallest absolute Gasteiger partial charge is 0.257 e. The minimum absolute atomic E-state index is 0.223. The van der Waals surface area contributed by atoms with E-state index < -0.39 is 0 Å². The monoisotopic (exact) mass is 318 g/mol. The fourth-order valence-electron chi connectivity index (χ4n) is 1.83. The molecule has 3 aromatic rings. The van der Waals surface area contributed by atoms with Crippen LogP contribution in [0.1, 0.15) is 10.4 Å². The standard InChI is InChI=1S/C14H11ClN4OS/c1-16-12-6-8(4-5-17-12)13(20)19-14-18-10-3-2-9(15)7-11(10)21-14/h2-7H,1H3,(H,16,17)(H,18,19,20). The van der Waals surface area contributed by atoms with Crippen LogP contribution in [0.4, 0.5) is 10.9 Å². The summed E-state index contributed by atoms with van der Waals surface area (Å²) in [5.74, 6) is 0.415. The largest absolute Gasteiger partial charge is 0.373 e. The molecule has 0 saturated heterocycles. The number of rotatable bonds is 3. The molecule has 0 unspecified atom stereocenters. The summed E-state index contributed by atoms with van der Waals surface area (Å²) >= 11 is 7.33. The summed E-state index contributed by atoms with van der Waals surface area (Å²) in [5, 5.41) is 6.87. The molecule has 0 aliphatic carbocycles. The molecule has 2 heterocycles. The van der Waals surface area contributed by atoms with Crippen molar-refractivity contribution < 1.29 is 4.79 Å². The zero-order valence-corrected chi connectivity index (χ0v) is 12.6. The Kier molecular flexibility index (Phi) is 3.72. The number of anilines is 2. The molecule has 2 N–H and O–H groups in total. The second-order valence-corrected chi connectivity index (χ2v) is 5.73. The lowest BCUT2D eigenvalue weighted by molar-refractivity contribution is 0.102. The van der Waals surface area contributed by atoms with Crippen molar-refractivity contribution in [2.45, 2.75) is 0 Å². The van der Waals surface area contributed by atoms with Gasteiger partial charge in [0.15, 0.2) is 5.13 Å². The molecule has 0 saturated carbocycles. The van der Waals surface area contributed by atoms with E-state index in [0.717, 1.165) is 10.2 Å². The van der Waals surface area contributed by atoms with Crippen molar-refractivity contribution in [2.75, 3.05) is 17.7 Å². The van der Waals surface area contributed by atoms with Crippen molar-refractivity contribution >= 4 is 50.0 Å². The number of halogens is 1. The van der Waals surface area contributed by atoms with Crippen LogP contribution in [0.2, 0.25) is 5.02 Å². The number of hydrogen-bond donors (Lipinski definition) is 2. The number of hydrogen-bond acceptors (Lipinski definition) is 5. The number of benzene rings is 1. The zero-order valence-electron chi connectivity index (χ0n) is 11.1. The Balaban J connectivity index is 1.85. The molecule has 1 amide bonds. The molecule has 1 aromatic carbocycles. The number of nitrogens with one attached hydrogen (secondary N) is 2. The first kappa shape index (κ1) is 13.8. The zero-order chi connectivity index (χ0) is 14.8. The Morgan fingerprint density at radius 1 is 1.29 bits per heavy atom. The molecule has 106 valence electrons. The molecule has 5 nitrogen and oxygen atoms in total. The van der Waals surface area contributed by atoms with E-state index in [2.05, 4.69) is 20.6 Å². The fraction of sp³-hybridized carbons (Fsp3) is 0.0714. The van der Waals surface area contributed by atoms with Gasteiger partial charge >= 0.3 is 0 Å². The Bertz CT molecular complexity index is 818. The summed E-state index contributed by atoms with van der Waals surface area (Å²) in [6.07, 6.45) is 1.58. The van der Waals surface area contributed by atoms with E-state index in [1.54, 1.807) is 31.4 Å². The molecule has 0 bridgehead atoms. The topological polar surface area (TPSA) is 66.9 Å². The number of fused-ring (bicyclic) bond motifs is 1. The predicted octanol–water partition coefficient (Wildman–Crippen LogP) is 3.64. The van der Waals surface area contributed by atoms with Gasteiger partial charge in [-0.15, -0.1) is 0 Å². The van der Waals surface area contributed by atoms with Crippen molar-refractivity contribution in [3.8, 4) is 0 Å². The van der Waals surface area contributed by atoms with Crippen LogP contribution in [0.15, 0.2) is 36.5 Å². The van der Waals surface area contributed by atoms with Crippen molar-refractivity contribution in [1.29, 1.82) is 0 Å². The molecule has 2 aromatic heterocycles. The Labute approximate surface area is 130 Å². The molecule has 0 radical (unpaired) electrons. The molecular weight excluding hydrogens is 308 g/mol. The van der Waals surface area contributed by atoms with Gasteiger partial charge in [-0.2, -0.15) is 0 Å². The minimum Gasteiger partial charge on any atom is -0.373 e. The summed E-state index contributed by atoms with van der Waals surface area (Å²) in [5.41, 5.74) is 1.33. The maximum Gasteiger partial charge on any atom is 0.257 e. The van der Waals surface area contributed by atoms with Gasteiger partial charge in [0.2, 0.25) is 0 Å². The molecule has 3 rings (SSSR count). The van der Waals surface area contributed by atoms with Crippen LogP contribution in [0.5, 0.6) is 0 Å². The van der Waals surface area contributed by atoms with Gasteiger partial charge in [-0.3, -0.25) is 10.1 Å². The first-order valence-corrected chi connectivity index (χ1v) is 7.36. The van der Waals surface area contributed by atoms with E-state index in [1.807, 2.05) is 12.1 Å². The first-order chi connectivity index (χ1) is 10.2. The average Bonchev–Trinajstić information content (AvgIpc) is 2.88. The van der Waals surface area contributed by atoms with Crippen LogP contribution in [-0.4, -0.2) is 22.9 Å². The number of carbonyl (C=O) groups is 1. The summed E-state index contributed by atoms with van der Waals surface area (Å²) in [6, 6.07) is 8.77. The van der Waals surface area contributed by atoms with Gasteiger partial charge in [0.05, 0.1) is 10.2 Å². The van der Waals surface area contributed by atoms with Crippen LogP contribution < -0.4 is 10.6 Å². The number of nitrogens with zero attached hydrogens (tertiary/aromatic N) is 2. The molecular formula is C14H11ClN4OS. The van der Waals surface area contributed by atoms with E-state index in [1.165, 1.54) is 11.3 Å². The van der Waals surface area contributed by atoms with Gasteiger partial charge in [0, 0.05) is 23.8 Å². The summed E-state index contributed by atoms with van der Waals surface area (Å²) in [7, 11) is 1.75. The van der Waals surface area contributed by atoms with Crippen LogP contribution in [0, 0.1) is 0 Å². The van der Waals surface area contributed by atoms with E-state index in [9.17, 15) is 4.79 Å². The van der Waals surface area contributed by atoms with Gasteiger partial charge in [-0.05, 0) is 30.3 Å². The third kappa shape index (κ3) is 2.96. The maximum absolute atomic E-state index is 12.2. The van der Waals surface area contributed by atoms with Crippen molar-refractivity contribution in [3.63, 3.8) is 0 Å². The number of carbonyl (C=O) groups excluding carboxylic acids is 1. The van der Waals surface area contributed by atoms with Gasteiger partial charge in [0.25, 0.3) is 5.91 Å². The molecule has 0 aliphatic heterocycles. The number of amides is 1. The Hall–Kier alpha value is -2.18. The van der Waals surface area contributed by atoms with Gasteiger partial charge < -0.3 is 5.32 Å². The third-order valence-corrected chi connectivity index (χ3v) is 4.02. The molecule has 0 aliphatic rings.